The lowest BCUT2D eigenvalue weighted by Crippen LogP contribution is -2.03. The summed E-state index contributed by atoms with van der Waals surface area (Å²) in [6, 6.07) is 5.03. The predicted molar refractivity (Wildman–Crippen MR) is 93.7 cm³/mol. The molecule has 0 radical (unpaired) electrons. The summed E-state index contributed by atoms with van der Waals surface area (Å²) in [5, 5.41) is 15.7. The summed E-state index contributed by atoms with van der Waals surface area (Å²) >= 11 is 0.397. The van der Waals surface area contributed by atoms with Gasteiger partial charge in [-0.2, -0.15) is 13.2 Å². The number of rotatable bonds is 5. The van der Waals surface area contributed by atoms with E-state index in [1.165, 1.54) is 6.21 Å². The van der Waals surface area contributed by atoms with Crippen LogP contribution in [0.3, 0.4) is 0 Å². The lowest BCUT2D eigenvalue weighted by atomic mass is 10.0. The first kappa shape index (κ1) is 17.9. The summed E-state index contributed by atoms with van der Waals surface area (Å²) in [7, 11) is 1.61. The van der Waals surface area contributed by atoms with Gasteiger partial charge in [-0.15, -0.1) is 10.2 Å². The predicted octanol–water partition coefficient (Wildman–Crippen LogP) is 3.68. The standard InChI is InChI=1S/C15H12F3N7S/c1-20-6-9(5-19)8-4-11-10(21-7-8)2-3-12(22-11)23-14-25-24-13(26-14)15(16,17)18/h2-7,9,19H,1H3,(H,22,23,25). The second kappa shape index (κ2) is 7.12. The summed E-state index contributed by atoms with van der Waals surface area (Å²) in [5.41, 5.74) is 1.88. The van der Waals surface area contributed by atoms with Gasteiger partial charge in [-0.25, -0.2) is 4.98 Å². The lowest BCUT2D eigenvalue weighted by Gasteiger charge is -2.08. The highest BCUT2D eigenvalue weighted by atomic mass is 32.1. The number of alkyl halides is 3. The van der Waals surface area contributed by atoms with Gasteiger partial charge in [-0.1, -0.05) is 11.3 Å². The molecule has 0 aromatic carbocycles. The molecule has 3 aromatic rings. The van der Waals surface area contributed by atoms with E-state index in [4.69, 9.17) is 5.41 Å². The molecule has 134 valence electrons. The van der Waals surface area contributed by atoms with Crippen molar-refractivity contribution in [2.75, 3.05) is 12.4 Å². The maximum Gasteiger partial charge on any atom is 0.445 e. The number of anilines is 2. The SMILES string of the molecule is CN=CC(C=N)c1cnc2ccc(Nc3nnc(C(F)(F)F)s3)nc2c1. The minimum Gasteiger partial charge on any atom is -0.315 e. The molecule has 0 spiro atoms. The Morgan fingerprint density at radius 1 is 1.27 bits per heavy atom. The van der Waals surface area contributed by atoms with Crippen molar-refractivity contribution in [1.82, 2.24) is 20.2 Å². The highest BCUT2D eigenvalue weighted by Crippen LogP contribution is 2.33. The number of fused-ring (bicyclic) bond motifs is 1. The second-order valence-electron chi connectivity index (χ2n) is 5.14. The molecule has 0 aliphatic rings. The highest BCUT2D eigenvalue weighted by Gasteiger charge is 2.35. The average Bonchev–Trinajstić information content (AvgIpc) is 3.08. The minimum atomic E-state index is -4.53. The Morgan fingerprint density at radius 2 is 2.08 bits per heavy atom. The Bertz CT molecular complexity index is 967. The zero-order valence-electron chi connectivity index (χ0n) is 13.3. The van der Waals surface area contributed by atoms with Gasteiger partial charge in [0.1, 0.15) is 5.82 Å². The topological polar surface area (TPSA) is 99.8 Å². The van der Waals surface area contributed by atoms with Gasteiger partial charge in [0.25, 0.3) is 0 Å². The van der Waals surface area contributed by atoms with E-state index in [0.717, 1.165) is 5.56 Å². The van der Waals surface area contributed by atoms with Gasteiger partial charge in [0.05, 0.1) is 17.0 Å². The molecule has 1 atom stereocenters. The van der Waals surface area contributed by atoms with E-state index in [9.17, 15) is 13.2 Å². The molecule has 26 heavy (non-hydrogen) atoms. The van der Waals surface area contributed by atoms with Crippen molar-refractivity contribution in [3.63, 3.8) is 0 Å². The molecule has 1 unspecified atom stereocenters. The normalized spacial score (nSPS) is 13.2. The molecule has 0 aliphatic carbocycles. The fraction of sp³-hybridized carbons (Fsp3) is 0.200. The molecule has 0 bridgehead atoms. The van der Waals surface area contributed by atoms with Crippen LogP contribution in [-0.2, 0) is 6.18 Å². The quantitative estimate of drug-likeness (QED) is 0.659. The van der Waals surface area contributed by atoms with Crippen LogP contribution in [0.2, 0.25) is 0 Å². The Kier molecular flexibility index (Phi) is 4.89. The number of nitrogens with one attached hydrogen (secondary N) is 2. The molecule has 3 heterocycles. The smallest absolute Gasteiger partial charge is 0.315 e. The van der Waals surface area contributed by atoms with Crippen molar-refractivity contribution < 1.29 is 13.2 Å². The van der Waals surface area contributed by atoms with Crippen LogP contribution in [0.4, 0.5) is 24.1 Å². The summed E-state index contributed by atoms with van der Waals surface area (Å²) in [6.45, 7) is 0. The van der Waals surface area contributed by atoms with Crippen molar-refractivity contribution in [3.05, 3.63) is 35.0 Å². The first-order valence-electron chi connectivity index (χ1n) is 7.28. The van der Waals surface area contributed by atoms with Crippen LogP contribution in [0.1, 0.15) is 16.5 Å². The van der Waals surface area contributed by atoms with Gasteiger partial charge in [0, 0.05) is 25.7 Å². The Labute approximate surface area is 149 Å². The second-order valence-corrected chi connectivity index (χ2v) is 6.12. The Hall–Kier alpha value is -2.95. The fourth-order valence-electron chi connectivity index (χ4n) is 2.16. The molecular formula is C15H12F3N7S. The van der Waals surface area contributed by atoms with Crippen LogP contribution >= 0.6 is 11.3 Å². The average molecular weight is 379 g/mol. The highest BCUT2D eigenvalue weighted by molar-refractivity contribution is 7.15. The maximum absolute atomic E-state index is 12.6. The Morgan fingerprint density at radius 3 is 2.73 bits per heavy atom. The molecular weight excluding hydrogens is 367 g/mol. The molecule has 0 fully saturated rings. The van der Waals surface area contributed by atoms with E-state index in [2.05, 4.69) is 30.5 Å². The number of hydrogen-bond acceptors (Lipinski definition) is 8. The van der Waals surface area contributed by atoms with Crippen molar-refractivity contribution in [2.24, 2.45) is 4.99 Å². The lowest BCUT2D eigenvalue weighted by molar-refractivity contribution is -0.138. The molecule has 11 heteroatoms. The monoisotopic (exact) mass is 379 g/mol. The molecule has 3 aromatic heterocycles. The summed E-state index contributed by atoms with van der Waals surface area (Å²) < 4.78 is 37.8. The fourth-order valence-corrected chi connectivity index (χ4v) is 2.78. The van der Waals surface area contributed by atoms with Gasteiger partial charge in [-0.05, 0) is 23.8 Å². The van der Waals surface area contributed by atoms with Crippen LogP contribution in [0.25, 0.3) is 11.0 Å². The third-order valence-corrected chi connectivity index (χ3v) is 4.22. The molecule has 2 N–H and O–H groups in total. The van der Waals surface area contributed by atoms with Crippen LogP contribution in [-0.4, -0.2) is 39.6 Å². The van der Waals surface area contributed by atoms with Crippen molar-refractivity contribution >= 4 is 45.7 Å². The number of halogens is 3. The van der Waals surface area contributed by atoms with Gasteiger partial charge in [0.2, 0.25) is 10.1 Å². The first-order valence-corrected chi connectivity index (χ1v) is 8.09. The zero-order chi connectivity index (χ0) is 18.7. The van der Waals surface area contributed by atoms with Crippen molar-refractivity contribution in [3.8, 4) is 0 Å². The van der Waals surface area contributed by atoms with E-state index in [1.807, 2.05) is 0 Å². The number of aromatic nitrogens is 4. The van der Waals surface area contributed by atoms with E-state index in [-0.39, 0.29) is 11.0 Å². The summed E-state index contributed by atoms with van der Waals surface area (Å²) in [5.74, 6) is -0.00953. The van der Waals surface area contributed by atoms with Crippen LogP contribution in [0.5, 0.6) is 0 Å². The van der Waals surface area contributed by atoms with Crippen LogP contribution < -0.4 is 5.32 Å². The summed E-state index contributed by atoms with van der Waals surface area (Å²) in [4.78, 5) is 12.5. The number of hydrogen-bond donors (Lipinski definition) is 2. The van der Waals surface area contributed by atoms with Gasteiger partial charge < -0.3 is 10.7 Å². The van der Waals surface area contributed by atoms with Gasteiger partial charge in [0.15, 0.2) is 0 Å². The van der Waals surface area contributed by atoms with E-state index < -0.39 is 11.2 Å². The molecule has 0 saturated heterocycles. The molecule has 0 saturated carbocycles. The number of pyridine rings is 2. The third-order valence-electron chi connectivity index (χ3n) is 3.34. The van der Waals surface area contributed by atoms with Gasteiger partial charge in [-0.3, -0.25) is 9.98 Å². The van der Waals surface area contributed by atoms with E-state index in [1.54, 1.807) is 37.7 Å². The summed E-state index contributed by atoms with van der Waals surface area (Å²) in [6.07, 6.45) is -0.0552. The van der Waals surface area contributed by atoms with Crippen LogP contribution in [0, 0.1) is 5.41 Å². The van der Waals surface area contributed by atoms with E-state index >= 15 is 0 Å². The molecule has 0 amide bonds. The van der Waals surface area contributed by atoms with Crippen molar-refractivity contribution in [1.29, 1.82) is 5.41 Å². The minimum absolute atomic E-state index is 0.0104. The molecule has 3 rings (SSSR count). The number of aliphatic imine (C=N–C) groups is 1. The van der Waals surface area contributed by atoms with Crippen molar-refractivity contribution in [2.45, 2.75) is 12.1 Å². The van der Waals surface area contributed by atoms with Gasteiger partial charge >= 0.3 is 6.18 Å². The molecule has 0 aliphatic heterocycles. The Balaban J connectivity index is 1.90. The molecule has 7 nitrogen and oxygen atoms in total. The van der Waals surface area contributed by atoms with Crippen LogP contribution in [0.15, 0.2) is 29.4 Å². The first-order chi connectivity index (χ1) is 12.4. The van der Waals surface area contributed by atoms with E-state index in [0.29, 0.717) is 28.2 Å². The number of nitrogens with zero attached hydrogens (tertiary/aromatic N) is 5. The third kappa shape index (κ3) is 3.82. The maximum atomic E-state index is 12.6. The largest absolute Gasteiger partial charge is 0.445 e. The zero-order valence-corrected chi connectivity index (χ0v) is 14.1.